The van der Waals surface area contributed by atoms with E-state index in [9.17, 15) is 0 Å². The smallest absolute Gasteiger partial charge is 0.0249 e. The molecule has 0 N–H and O–H groups in total. The molecule has 0 spiro atoms. The van der Waals surface area contributed by atoms with Crippen molar-refractivity contribution in [1.29, 1.82) is 0 Å². The summed E-state index contributed by atoms with van der Waals surface area (Å²) in [6.07, 6.45) is 0. The lowest BCUT2D eigenvalue weighted by molar-refractivity contribution is 1.64. The van der Waals surface area contributed by atoms with Gasteiger partial charge in [-0.15, -0.1) is 9.24 Å². The summed E-state index contributed by atoms with van der Waals surface area (Å²) in [6, 6.07) is 18.1. The van der Waals surface area contributed by atoms with Crippen LogP contribution in [0.1, 0.15) is 11.1 Å². The summed E-state index contributed by atoms with van der Waals surface area (Å²) in [4.78, 5) is 0. The fraction of sp³-hybridized carbons (Fsp3) is 0. The molecular formula is C14H11P. The molecule has 1 atom stereocenters. The third kappa shape index (κ3) is 2.94. The molecular weight excluding hydrogens is 199 g/mol. The highest BCUT2D eigenvalue weighted by Crippen LogP contribution is 1.99. The topological polar surface area (TPSA) is 0 Å². The minimum absolute atomic E-state index is 1.05. The van der Waals surface area contributed by atoms with E-state index in [2.05, 4.69) is 21.1 Å². The maximum atomic E-state index is 3.13. The van der Waals surface area contributed by atoms with Crippen LogP contribution >= 0.6 is 9.24 Å². The van der Waals surface area contributed by atoms with Crippen LogP contribution in [0.25, 0.3) is 0 Å². The lowest BCUT2D eigenvalue weighted by Gasteiger charge is -1.91. The summed E-state index contributed by atoms with van der Waals surface area (Å²) in [5, 5.41) is 1.18. The van der Waals surface area contributed by atoms with E-state index in [1.807, 2.05) is 54.6 Å². The zero-order valence-electron chi connectivity index (χ0n) is 8.27. The molecule has 2 rings (SSSR count). The van der Waals surface area contributed by atoms with Crippen molar-refractivity contribution in [2.75, 3.05) is 0 Å². The highest BCUT2D eigenvalue weighted by atomic mass is 31.0. The zero-order valence-corrected chi connectivity index (χ0v) is 9.43. The fourth-order valence-electron chi connectivity index (χ4n) is 1.23. The summed E-state index contributed by atoms with van der Waals surface area (Å²) in [6.45, 7) is 0. The molecule has 0 heterocycles. The number of hydrogen-bond donors (Lipinski definition) is 0. The Bertz CT molecular complexity index is 486. The van der Waals surface area contributed by atoms with Crippen molar-refractivity contribution >= 4 is 14.5 Å². The first-order valence-corrected chi connectivity index (χ1v) is 5.35. The molecule has 0 radical (unpaired) electrons. The Morgan fingerprint density at radius 3 is 1.80 bits per heavy atom. The zero-order chi connectivity index (χ0) is 10.5. The molecule has 2 aromatic carbocycles. The van der Waals surface area contributed by atoms with Crippen molar-refractivity contribution in [3.05, 3.63) is 65.7 Å². The van der Waals surface area contributed by atoms with Gasteiger partial charge in [-0.05, 0) is 29.6 Å². The first-order chi connectivity index (χ1) is 7.34. The molecule has 1 unspecified atom stereocenters. The summed E-state index contributed by atoms with van der Waals surface area (Å²) in [5.41, 5.74) is 2.09. The molecule has 0 aromatic heterocycles. The monoisotopic (exact) mass is 210 g/mol. The Kier molecular flexibility index (Phi) is 3.18. The van der Waals surface area contributed by atoms with Crippen molar-refractivity contribution < 1.29 is 0 Å². The second-order valence-corrected chi connectivity index (χ2v) is 3.90. The van der Waals surface area contributed by atoms with Crippen molar-refractivity contribution in [1.82, 2.24) is 0 Å². The van der Waals surface area contributed by atoms with Gasteiger partial charge < -0.3 is 0 Å². The molecule has 0 bridgehead atoms. The van der Waals surface area contributed by atoms with Gasteiger partial charge in [0.1, 0.15) is 0 Å². The van der Waals surface area contributed by atoms with Crippen LogP contribution in [-0.2, 0) is 0 Å². The molecule has 0 aliphatic heterocycles. The van der Waals surface area contributed by atoms with Crippen LogP contribution < -0.4 is 5.30 Å². The summed E-state index contributed by atoms with van der Waals surface area (Å²) in [7, 11) is 2.66. The van der Waals surface area contributed by atoms with Gasteiger partial charge in [-0.3, -0.25) is 0 Å². The predicted octanol–water partition coefficient (Wildman–Crippen LogP) is 2.59. The van der Waals surface area contributed by atoms with E-state index in [-0.39, 0.29) is 0 Å². The second kappa shape index (κ2) is 4.78. The van der Waals surface area contributed by atoms with Gasteiger partial charge >= 0.3 is 0 Å². The van der Waals surface area contributed by atoms with Crippen molar-refractivity contribution in [3.63, 3.8) is 0 Å². The molecule has 2 aromatic rings. The molecule has 72 valence electrons. The van der Waals surface area contributed by atoms with Crippen molar-refractivity contribution in [2.24, 2.45) is 0 Å². The maximum absolute atomic E-state index is 3.13. The third-order valence-corrected chi connectivity index (χ3v) is 2.42. The summed E-state index contributed by atoms with van der Waals surface area (Å²) in [5.74, 6) is 6.25. The van der Waals surface area contributed by atoms with E-state index in [1.165, 1.54) is 5.30 Å². The molecule has 15 heavy (non-hydrogen) atoms. The van der Waals surface area contributed by atoms with Crippen molar-refractivity contribution in [3.8, 4) is 11.8 Å². The van der Waals surface area contributed by atoms with Crippen LogP contribution in [0.15, 0.2) is 54.6 Å². The van der Waals surface area contributed by atoms with Gasteiger partial charge in [0.25, 0.3) is 0 Å². The van der Waals surface area contributed by atoms with Crippen LogP contribution in [-0.4, -0.2) is 0 Å². The van der Waals surface area contributed by atoms with Gasteiger partial charge in [0.15, 0.2) is 0 Å². The average molecular weight is 210 g/mol. The molecule has 0 fully saturated rings. The van der Waals surface area contributed by atoms with E-state index < -0.39 is 0 Å². The summed E-state index contributed by atoms with van der Waals surface area (Å²) < 4.78 is 0. The highest BCUT2D eigenvalue weighted by molar-refractivity contribution is 7.27. The van der Waals surface area contributed by atoms with Crippen LogP contribution in [0.3, 0.4) is 0 Å². The van der Waals surface area contributed by atoms with Gasteiger partial charge in [-0.2, -0.15) is 0 Å². The van der Waals surface area contributed by atoms with Crippen LogP contribution in [0.4, 0.5) is 0 Å². The van der Waals surface area contributed by atoms with Gasteiger partial charge in [-0.25, -0.2) is 0 Å². The molecule has 0 amide bonds. The number of benzene rings is 2. The standard InChI is InChI=1S/C14H11P/c15-14-10-8-13(9-11-14)7-6-12-4-2-1-3-5-12/h1-5,8-11H,15H2. The minimum atomic E-state index is 1.05. The molecule has 1 heteroatoms. The van der Waals surface area contributed by atoms with Gasteiger partial charge in [0.05, 0.1) is 0 Å². The van der Waals surface area contributed by atoms with Gasteiger partial charge in [0.2, 0.25) is 0 Å². The lowest BCUT2D eigenvalue weighted by Crippen LogP contribution is -1.87. The highest BCUT2D eigenvalue weighted by Gasteiger charge is 1.86. The van der Waals surface area contributed by atoms with Gasteiger partial charge in [0, 0.05) is 11.1 Å². The molecule has 0 aliphatic carbocycles. The van der Waals surface area contributed by atoms with E-state index >= 15 is 0 Å². The molecule has 0 aliphatic rings. The Hall–Kier alpha value is -1.57. The maximum Gasteiger partial charge on any atom is 0.0249 e. The van der Waals surface area contributed by atoms with Crippen molar-refractivity contribution in [2.45, 2.75) is 0 Å². The minimum Gasteiger partial charge on any atom is -0.106 e. The van der Waals surface area contributed by atoms with Crippen LogP contribution in [0, 0.1) is 11.8 Å². The first-order valence-electron chi connectivity index (χ1n) is 4.77. The fourth-order valence-corrected chi connectivity index (χ4v) is 1.42. The SMILES string of the molecule is Pc1ccc(C#Cc2ccccc2)cc1. The molecule has 0 saturated carbocycles. The van der Waals surface area contributed by atoms with E-state index in [1.54, 1.807) is 0 Å². The Labute approximate surface area is 92.5 Å². The van der Waals surface area contributed by atoms with E-state index in [0.717, 1.165) is 11.1 Å². The van der Waals surface area contributed by atoms with Gasteiger partial charge in [-0.1, -0.05) is 42.2 Å². The Balaban J connectivity index is 2.22. The Morgan fingerprint density at radius 1 is 0.667 bits per heavy atom. The average Bonchev–Trinajstić information content (AvgIpc) is 2.30. The van der Waals surface area contributed by atoms with E-state index in [4.69, 9.17) is 0 Å². The largest absolute Gasteiger partial charge is 0.106 e. The lowest BCUT2D eigenvalue weighted by atomic mass is 10.2. The quantitative estimate of drug-likeness (QED) is 0.463. The van der Waals surface area contributed by atoms with Crippen LogP contribution in [0.2, 0.25) is 0 Å². The van der Waals surface area contributed by atoms with E-state index in [0.29, 0.717) is 0 Å². The number of rotatable bonds is 0. The summed E-state index contributed by atoms with van der Waals surface area (Å²) >= 11 is 0. The predicted molar refractivity (Wildman–Crippen MR) is 68.2 cm³/mol. The first kappa shape index (κ1) is 9.97. The van der Waals surface area contributed by atoms with Crippen LogP contribution in [0.5, 0.6) is 0 Å². The Morgan fingerprint density at radius 2 is 1.20 bits per heavy atom. The second-order valence-electron chi connectivity index (χ2n) is 3.24. The normalized spacial score (nSPS) is 9.13. The number of hydrogen-bond acceptors (Lipinski definition) is 0. The third-order valence-electron chi connectivity index (χ3n) is 2.04. The molecule has 0 nitrogen and oxygen atoms in total. The molecule has 0 saturated heterocycles.